The van der Waals surface area contributed by atoms with Crippen LogP contribution in [-0.4, -0.2) is 35.2 Å². The van der Waals surface area contributed by atoms with Crippen molar-refractivity contribution in [2.45, 2.75) is 57.2 Å². The Kier molecular flexibility index (Phi) is 5.04. The Labute approximate surface area is 151 Å². The SMILES string of the molecule is S=C(NC1CCN(Cc2ccccc2)CC1)N[C@@H]1C[C@H]2CC[C@@H]1C2. The predicted octanol–water partition coefficient (Wildman–Crippen LogP) is 3.30. The minimum absolute atomic E-state index is 0.538. The monoisotopic (exact) mass is 343 g/mol. The zero-order valence-electron chi connectivity index (χ0n) is 14.4. The molecule has 24 heavy (non-hydrogen) atoms. The van der Waals surface area contributed by atoms with Crippen LogP contribution >= 0.6 is 12.2 Å². The quantitative estimate of drug-likeness (QED) is 0.820. The Bertz CT molecular complexity index is 553. The molecule has 4 rings (SSSR count). The fraction of sp³-hybridized carbons (Fsp3) is 0.650. The van der Waals surface area contributed by atoms with E-state index < -0.39 is 0 Å². The highest BCUT2D eigenvalue weighted by molar-refractivity contribution is 7.80. The zero-order chi connectivity index (χ0) is 16.4. The van der Waals surface area contributed by atoms with E-state index in [1.807, 2.05) is 0 Å². The Morgan fingerprint density at radius 3 is 2.46 bits per heavy atom. The van der Waals surface area contributed by atoms with Crippen molar-refractivity contribution >= 4 is 17.3 Å². The van der Waals surface area contributed by atoms with Gasteiger partial charge < -0.3 is 10.6 Å². The third-order valence-electron chi connectivity index (χ3n) is 6.23. The largest absolute Gasteiger partial charge is 0.360 e. The minimum atomic E-state index is 0.538. The summed E-state index contributed by atoms with van der Waals surface area (Å²) in [6.45, 7) is 3.38. The second kappa shape index (κ2) is 7.40. The summed E-state index contributed by atoms with van der Waals surface area (Å²) in [7, 11) is 0. The number of hydrogen-bond acceptors (Lipinski definition) is 2. The number of fused-ring (bicyclic) bond motifs is 2. The van der Waals surface area contributed by atoms with Crippen molar-refractivity contribution in [3.8, 4) is 0 Å². The van der Waals surface area contributed by atoms with Gasteiger partial charge in [0.15, 0.2) is 5.11 Å². The molecule has 4 heteroatoms. The van der Waals surface area contributed by atoms with Crippen molar-refractivity contribution < 1.29 is 0 Å². The number of nitrogens with zero attached hydrogens (tertiary/aromatic N) is 1. The fourth-order valence-electron chi connectivity index (χ4n) is 4.89. The van der Waals surface area contributed by atoms with Crippen LogP contribution in [0.15, 0.2) is 30.3 Å². The first kappa shape index (κ1) is 16.3. The second-order valence-corrected chi connectivity index (χ2v) is 8.34. The van der Waals surface area contributed by atoms with Crippen molar-refractivity contribution in [1.29, 1.82) is 0 Å². The Hall–Kier alpha value is -1.13. The van der Waals surface area contributed by atoms with Crippen molar-refractivity contribution in [3.05, 3.63) is 35.9 Å². The van der Waals surface area contributed by atoms with Crippen molar-refractivity contribution in [2.75, 3.05) is 13.1 Å². The summed E-state index contributed by atoms with van der Waals surface area (Å²) in [5, 5.41) is 8.10. The van der Waals surface area contributed by atoms with Gasteiger partial charge in [-0.1, -0.05) is 36.8 Å². The molecule has 1 aromatic carbocycles. The Balaban J connectivity index is 1.18. The summed E-state index contributed by atoms with van der Waals surface area (Å²) in [5.41, 5.74) is 1.41. The van der Waals surface area contributed by atoms with Crippen LogP contribution in [0.3, 0.4) is 0 Å². The molecule has 2 bridgehead atoms. The fourth-order valence-corrected chi connectivity index (χ4v) is 5.21. The molecule has 3 aliphatic rings. The summed E-state index contributed by atoms with van der Waals surface area (Å²) in [4.78, 5) is 2.56. The molecule has 3 atom stereocenters. The van der Waals surface area contributed by atoms with Crippen molar-refractivity contribution in [1.82, 2.24) is 15.5 Å². The summed E-state index contributed by atoms with van der Waals surface area (Å²) in [5.74, 6) is 1.85. The molecule has 1 saturated heterocycles. The van der Waals surface area contributed by atoms with Crippen molar-refractivity contribution in [2.24, 2.45) is 11.8 Å². The molecule has 2 N–H and O–H groups in total. The van der Waals surface area contributed by atoms with Gasteiger partial charge in [-0.2, -0.15) is 0 Å². The molecule has 0 unspecified atom stereocenters. The molecule has 1 aromatic rings. The lowest BCUT2D eigenvalue weighted by Gasteiger charge is -2.34. The first-order valence-electron chi connectivity index (χ1n) is 9.59. The van der Waals surface area contributed by atoms with E-state index in [2.05, 4.69) is 45.9 Å². The van der Waals surface area contributed by atoms with E-state index in [1.165, 1.54) is 44.1 Å². The van der Waals surface area contributed by atoms with E-state index in [4.69, 9.17) is 12.2 Å². The molecule has 2 aliphatic carbocycles. The molecule has 0 amide bonds. The first-order valence-corrected chi connectivity index (χ1v) is 10.0. The van der Waals surface area contributed by atoms with E-state index in [9.17, 15) is 0 Å². The molecule has 1 heterocycles. The third kappa shape index (κ3) is 3.92. The summed E-state index contributed by atoms with van der Waals surface area (Å²) < 4.78 is 0. The van der Waals surface area contributed by atoms with Crippen LogP contribution in [0.5, 0.6) is 0 Å². The lowest BCUT2D eigenvalue weighted by molar-refractivity contribution is 0.198. The summed E-state index contributed by atoms with van der Waals surface area (Å²) >= 11 is 5.59. The molecule has 2 saturated carbocycles. The zero-order valence-corrected chi connectivity index (χ0v) is 15.2. The highest BCUT2D eigenvalue weighted by Crippen LogP contribution is 2.44. The van der Waals surface area contributed by atoms with Gasteiger partial charge in [-0.05, 0) is 61.7 Å². The van der Waals surface area contributed by atoms with Gasteiger partial charge in [0.1, 0.15) is 0 Å². The van der Waals surface area contributed by atoms with E-state index in [1.54, 1.807) is 0 Å². The molecular weight excluding hydrogens is 314 g/mol. The molecule has 1 aliphatic heterocycles. The van der Waals surface area contributed by atoms with Gasteiger partial charge in [0, 0.05) is 31.7 Å². The van der Waals surface area contributed by atoms with Crippen LogP contribution in [0.4, 0.5) is 0 Å². The van der Waals surface area contributed by atoms with E-state index in [-0.39, 0.29) is 0 Å². The average Bonchev–Trinajstić information content (AvgIpc) is 3.20. The standard InChI is InChI=1S/C20H29N3S/c24-20(22-19-13-16-6-7-17(19)12-16)21-18-8-10-23(11-9-18)14-15-4-2-1-3-5-15/h1-5,16-19H,6-14H2,(H2,21,22,24)/t16-,17+,19+/m0/s1. The predicted molar refractivity (Wildman–Crippen MR) is 103 cm³/mol. The lowest BCUT2D eigenvalue weighted by atomic mass is 9.95. The maximum Gasteiger partial charge on any atom is 0.166 e. The highest BCUT2D eigenvalue weighted by Gasteiger charge is 2.39. The van der Waals surface area contributed by atoms with Crippen LogP contribution in [0, 0.1) is 11.8 Å². The molecule has 3 nitrogen and oxygen atoms in total. The number of benzene rings is 1. The summed E-state index contributed by atoms with van der Waals surface area (Å²) in [6.07, 6.45) is 7.99. The maximum atomic E-state index is 5.59. The van der Waals surface area contributed by atoms with E-state index >= 15 is 0 Å². The topological polar surface area (TPSA) is 27.3 Å². The van der Waals surface area contributed by atoms with Gasteiger partial charge in [-0.3, -0.25) is 4.90 Å². The number of likely N-dealkylation sites (tertiary alicyclic amines) is 1. The van der Waals surface area contributed by atoms with Crippen LogP contribution in [0.2, 0.25) is 0 Å². The first-order chi connectivity index (χ1) is 11.8. The van der Waals surface area contributed by atoms with Crippen LogP contribution in [0.25, 0.3) is 0 Å². The van der Waals surface area contributed by atoms with Crippen LogP contribution < -0.4 is 10.6 Å². The Morgan fingerprint density at radius 1 is 1.00 bits per heavy atom. The smallest absolute Gasteiger partial charge is 0.166 e. The normalized spacial score (nSPS) is 30.4. The molecule has 0 radical (unpaired) electrons. The second-order valence-electron chi connectivity index (χ2n) is 7.94. The third-order valence-corrected chi connectivity index (χ3v) is 6.46. The van der Waals surface area contributed by atoms with E-state index in [0.29, 0.717) is 12.1 Å². The summed E-state index contributed by atoms with van der Waals surface area (Å²) in [6, 6.07) is 12.0. The van der Waals surface area contributed by atoms with Crippen LogP contribution in [-0.2, 0) is 6.54 Å². The maximum absolute atomic E-state index is 5.59. The molecule has 0 aromatic heterocycles. The molecular formula is C20H29N3S. The van der Waals surface area contributed by atoms with Crippen molar-refractivity contribution in [3.63, 3.8) is 0 Å². The lowest BCUT2D eigenvalue weighted by Crippen LogP contribution is -2.50. The van der Waals surface area contributed by atoms with Gasteiger partial charge in [0.25, 0.3) is 0 Å². The number of hydrogen-bond donors (Lipinski definition) is 2. The molecule has 130 valence electrons. The van der Waals surface area contributed by atoms with Gasteiger partial charge in [-0.25, -0.2) is 0 Å². The Morgan fingerprint density at radius 2 is 1.79 bits per heavy atom. The van der Waals surface area contributed by atoms with Gasteiger partial charge in [0.2, 0.25) is 0 Å². The number of rotatable bonds is 4. The van der Waals surface area contributed by atoms with Crippen LogP contribution in [0.1, 0.15) is 44.1 Å². The van der Waals surface area contributed by atoms with E-state index in [0.717, 1.165) is 36.6 Å². The number of thiocarbonyl (C=S) groups is 1. The highest BCUT2D eigenvalue weighted by atomic mass is 32.1. The van der Waals surface area contributed by atoms with Gasteiger partial charge in [0.05, 0.1) is 0 Å². The minimum Gasteiger partial charge on any atom is -0.360 e. The number of piperidine rings is 1. The molecule has 0 spiro atoms. The van der Waals surface area contributed by atoms with Gasteiger partial charge >= 0.3 is 0 Å². The van der Waals surface area contributed by atoms with Gasteiger partial charge in [-0.15, -0.1) is 0 Å². The number of nitrogens with one attached hydrogen (secondary N) is 2. The molecule has 3 fully saturated rings. The average molecular weight is 344 g/mol.